The first-order valence-corrected chi connectivity index (χ1v) is 6.73. The zero-order valence-electron chi connectivity index (χ0n) is 9.43. The van der Waals surface area contributed by atoms with E-state index in [1.807, 2.05) is 0 Å². The molecule has 10 heteroatoms. The zero-order valence-corrected chi connectivity index (χ0v) is 10.3. The third-order valence-electron chi connectivity index (χ3n) is 2.75. The smallest absolute Gasteiger partial charge is 0.388 e. The van der Waals surface area contributed by atoms with Gasteiger partial charge in [0.2, 0.25) is 0 Å². The molecule has 17 heavy (non-hydrogen) atoms. The Kier molecular flexibility index (Phi) is 5.02. The molecule has 9 N–H and O–H groups in total. The molecule has 5 atom stereocenters. The molecule has 0 aromatic rings. The van der Waals surface area contributed by atoms with E-state index in [2.05, 4.69) is 21.0 Å². The molecule has 0 amide bonds. The van der Waals surface area contributed by atoms with Crippen molar-refractivity contribution in [1.82, 2.24) is 0 Å². The summed E-state index contributed by atoms with van der Waals surface area (Å²) in [4.78, 5) is 0. The van der Waals surface area contributed by atoms with Gasteiger partial charge < -0.3 is 20.1 Å². The van der Waals surface area contributed by atoms with E-state index in [-0.39, 0.29) is 6.16 Å². The first kappa shape index (κ1) is 15.0. The summed E-state index contributed by atoms with van der Waals surface area (Å²) in [6, 6.07) is 0. The molecular weight excluding hydrogens is 255 g/mol. The minimum Gasteiger partial charge on any atom is -0.388 e. The summed E-state index contributed by atoms with van der Waals surface area (Å²) < 4.78 is 25.8. The van der Waals surface area contributed by atoms with E-state index >= 15 is 0 Å². The van der Waals surface area contributed by atoms with Gasteiger partial charge in [0.1, 0.15) is 18.3 Å². The molecule has 0 saturated carbocycles. The van der Waals surface area contributed by atoms with Crippen molar-refractivity contribution < 1.29 is 45.7 Å². The number of hydrogen-bond donors (Lipinski definition) is 5. The van der Waals surface area contributed by atoms with Crippen LogP contribution in [0.1, 0.15) is 6.92 Å². The summed E-state index contributed by atoms with van der Waals surface area (Å²) in [6.07, 6.45) is -5.98. The fourth-order valence-electron chi connectivity index (χ4n) is 1.65. The van der Waals surface area contributed by atoms with Crippen LogP contribution in [-0.2, 0) is 18.6 Å². The van der Waals surface area contributed by atoms with Crippen LogP contribution in [0.3, 0.4) is 0 Å². The van der Waals surface area contributed by atoms with Crippen LogP contribution in [0.15, 0.2) is 0 Å². The quantitative estimate of drug-likeness (QED) is 0.261. The Labute approximate surface area is 97.7 Å². The summed E-state index contributed by atoms with van der Waals surface area (Å²) in [6.45, 7) is 1.52. The van der Waals surface area contributed by atoms with Crippen LogP contribution in [0.4, 0.5) is 0 Å². The Bertz CT molecular complexity index is 296. The third-order valence-corrected chi connectivity index (χ3v) is 4.34. The molecule has 1 heterocycles. The molecule has 0 radical (unpaired) electrons. The molecule has 1 fully saturated rings. The van der Waals surface area contributed by atoms with E-state index in [1.165, 1.54) is 6.92 Å². The van der Waals surface area contributed by atoms with Gasteiger partial charge in [0.05, 0.1) is 18.4 Å². The van der Waals surface area contributed by atoms with Crippen LogP contribution in [0, 0.1) is 0 Å². The lowest BCUT2D eigenvalue weighted by Gasteiger charge is -2.39. The van der Waals surface area contributed by atoms with Crippen molar-refractivity contribution in [2.24, 2.45) is 0 Å². The van der Waals surface area contributed by atoms with Gasteiger partial charge in [-0.2, -0.15) is 0 Å². The maximum atomic E-state index is 11.8. The molecule has 0 unspecified atom stereocenters. The van der Waals surface area contributed by atoms with Crippen molar-refractivity contribution in [2.45, 2.75) is 37.4 Å². The molecule has 1 saturated heterocycles. The summed E-state index contributed by atoms with van der Waals surface area (Å²) in [5.74, 6) is 5.99. The lowest BCUT2D eigenvalue weighted by molar-refractivity contribution is -0.678. The number of aliphatic hydroxyl groups is 3. The highest BCUT2D eigenvalue weighted by Gasteiger charge is 2.46. The minimum atomic E-state index is -3.56. The van der Waals surface area contributed by atoms with E-state index in [0.717, 1.165) is 0 Å². The number of hydrogen-bond acceptors (Lipinski definition) is 7. The van der Waals surface area contributed by atoms with Gasteiger partial charge in [-0.3, -0.25) is 0 Å². The number of rotatable bonds is 4. The molecule has 1 rings (SSSR count). The molecule has 9 nitrogen and oxygen atoms in total. The van der Waals surface area contributed by atoms with E-state index in [1.54, 1.807) is 0 Å². The number of aliphatic hydroxyl groups excluding tert-OH is 3. The van der Waals surface area contributed by atoms with Gasteiger partial charge in [0.25, 0.3) is 0 Å². The predicted molar refractivity (Wildman–Crippen MR) is 52.8 cm³/mol. The van der Waals surface area contributed by atoms with E-state index in [9.17, 15) is 19.9 Å². The monoisotopic (exact) mass is 274 g/mol. The highest BCUT2D eigenvalue weighted by molar-refractivity contribution is 7.53. The Hall–Kier alpha value is -0.0900. The molecule has 1 aliphatic rings. The maximum Gasteiger partial charge on any atom is 0.432 e. The average Bonchev–Trinajstić information content (AvgIpc) is 2.33. The standard InChI is InChI=1S/C7H19N2O7P/c1-3-5(10)7(12)6(11)4(14-3)2-17(13,15-8)16-9/h3-7,10-12H,2H2,1,8-9H3/q+2/t3-,4-,5-,6-,7+/m0/s1. The number of ether oxygens (including phenoxy) is 1. The minimum absolute atomic E-state index is 0.310. The molecule has 0 aromatic heterocycles. The van der Waals surface area contributed by atoms with Crippen molar-refractivity contribution in [3.8, 4) is 0 Å². The molecule has 0 aliphatic carbocycles. The van der Waals surface area contributed by atoms with E-state index in [0.29, 0.717) is 0 Å². The second kappa shape index (κ2) is 5.70. The Balaban J connectivity index is 2.75. The summed E-state index contributed by atoms with van der Waals surface area (Å²) in [7, 11) is -3.56. The average molecular weight is 274 g/mol. The summed E-state index contributed by atoms with van der Waals surface area (Å²) >= 11 is 0. The normalized spacial score (nSPS) is 39.3. The first-order valence-electron chi connectivity index (χ1n) is 5.01. The fourth-order valence-corrected chi connectivity index (χ4v) is 2.68. The first-order chi connectivity index (χ1) is 7.84. The molecule has 102 valence electrons. The maximum absolute atomic E-state index is 11.8. The summed E-state index contributed by atoms with van der Waals surface area (Å²) in [5.41, 5.74) is 0. The Morgan fingerprint density at radius 2 is 1.71 bits per heavy atom. The molecule has 0 bridgehead atoms. The van der Waals surface area contributed by atoms with Crippen molar-refractivity contribution in [1.29, 1.82) is 0 Å². The van der Waals surface area contributed by atoms with Crippen LogP contribution in [0.2, 0.25) is 0 Å². The van der Waals surface area contributed by atoms with Crippen LogP contribution in [0.25, 0.3) is 0 Å². The van der Waals surface area contributed by atoms with Crippen LogP contribution >= 0.6 is 7.60 Å². The highest BCUT2D eigenvalue weighted by Crippen LogP contribution is 2.45. The lowest BCUT2D eigenvalue weighted by Crippen LogP contribution is -2.59. The fraction of sp³-hybridized carbons (Fsp3) is 1.00. The van der Waals surface area contributed by atoms with Gasteiger partial charge in [-0.25, -0.2) is 16.4 Å². The van der Waals surface area contributed by atoms with Gasteiger partial charge in [-0.1, -0.05) is 0 Å². The highest BCUT2D eigenvalue weighted by atomic mass is 31.2. The molecular formula is C7H19N2O7P+2. The van der Waals surface area contributed by atoms with Gasteiger partial charge in [-0.15, -0.1) is 9.25 Å². The summed E-state index contributed by atoms with van der Waals surface area (Å²) in [5, 5.41) is 28.7. The van der Waals surface area contributed by atoms with Crippen molar-refractivity contribution >= 4 is 7.60 Å². The van der Waals surface area contributed by atoms with E-state index < -0.39 is 38.1 Å². The molecule has 1 aliphatic heterocycles. The van der Waals surface area contributed by atoms with Gasteiger partial charge >= 0.3 is 7.60 Å². The predicted octanol–water partition coefficient (Wildman–Crippen LogP) is -3.60. The SMILES string of the molecule is C[C@@H]1O[C@@H](CP(=O)(O[NH3+])O[NH3+])[C@H](O)[C@H](O)[C@H]1O. The van der Waals surface area contributed by atoms with E-state index in [4.69, 9.17) is 4.74 Å². The molecule has 0 aromatic carbocycles. The topological polar surface area (TPSA) is 161 Å². The van der Waals surface area contributed by atoms with Gasteiger partial charge in [0.15, 0.2) is 0 Å². The second-order valence-corrected chi connectivity index (χ2v) is 6.01. The third kappa shape index (κ3) is 3.22. The Morgan fingerprint density at radius 1 is 1.18 bits per heavy atom. The van der Waals surface area contributed by atoms with Crippen molar-refractivity contribution in [3.63, 3.8) is 0 Å². The zero-order chi connectivity index (χ0) is 13.2. The van der Waals surface area contributed by atoms with Crippen molar-refractivity contribution in [3.05, 3.63) is 0 Å². The largest absolute Gasteiger partial charge is 0.432 e. The van der Waals surface area contributed by atoms with Gasteiger partial charge in [-0.05, 0) is 6.92 Å². The number of quaternary nitrogens is 2. The van der Waals surface area contributed by atoms with Crippen LogP contribution in [0.5, 0.6) is 0 Å². The van der Waals surface area contributed by atoms with Crippen molar-refractivity contribution in [2.75, 3.05) is 6.16 Å². The lowest BCUT2D eigenvalue weighted by atomic mass is 9.96. The molecule has 0 spiro atoms. The Morgan fingerprint density at radius 3 is 2.18 bits per heavy atom. The van der Waals surface area contributed by atoms with Crippen LogP contribution < -0.4 is 11.8 Å². The second-order valence-electron chi connectivity index (χ2n) is 3.90. The van der Waals surface area contributed by atoms with Crippen LogP contribution in [-0.4, -0.2) is 52.0 Å². The van der Waals surface area contributed by atoms with Gasteiger partial charge in [0, 0.05) is 0 Å².